The van der Waals surface area contributed by atoms with E-state index in [1.54, 1.807) is 17.3 Å². The summed E-state index contributed by atoms with van der Waals surface area (Å²) in [6, 6.07) is 7.74. The van der Waals surface area contributed by atoms with Crippen LogP contribution in [0.4, 0.5) is 8.78 Å². The van der Waals surface area contributed by atoms with E-state index >= 15 is 0 Å². The zero-order valence-electron chi connectivity index (χ0n) is 16.9. The molecule has 4 aromatic rings. The first-order valence-corrected chi connectivity index (χ1v) is 10.2. The fourth-order valence-electron chi connectivity index (χ4n) is 4.46. The summed E-state index contributed by atoms with van der Waals surface area (Å²) in [5, 5.41) is 7.84. The summed E-state index contributed by atoms with van der Waals surface area (Å²) in [6.45, 7) is 3.16. The van der Waals surface area contributed by atoms with Crippen LogP contribution in [0.5, 0.6) is 0 Å². The van der Waals surface area contributed by atoms with Gasteiger partial charge in [-0.25, -0.2) is 8.78 Å². The Hall–Kier alpha value is -3.55. The number of aromatic nitrogens is 4. The van der Waals surface area contributed by atoms with E-state index in [1.807, 2.05) is 31.5 Å². The molecule has 1 aromatic carbocycles. The standard InChI is InChI=1S/C23H21F2N5O/c1-14-7-15(13-30(14)23(31)18-3-2-4-19(24)22(18)25)12-29-6-5-16-8-20(26-11-21(16)29)17-9-27-28-10-17/h2-6,8-11,14-15H,7,12-13H2,1H3,(H,27,28). The highest BCUT2D eigenvalue weighted by Gasteiger charge is 2.34. The molecule has 0 radical (unpaired) electrons. The van der Waals surface area contributed by atoms with Crippen LogP contribution in [-0.4, -0.2) is 43.1 Å². The first kappa shape index (κ1) is 19.4. The fraction of sp³-hybridized carbons (Fsp3) is 0.261. The second kappa shape index (κ2) is 7.61. The van der Waals surface area contributed by atoms with Gasteiger partial charge >= 0.3 is 0 Å². The van der Waals surface area contributed by atoms with Crippen LogP contribution in [0.2, 0.25) is 0 Å². The monoisotopic (exact) mass is 421 g/mol. The number of aromatic amines is 1. The van der Waals surface area contributed by atoms with Crippen molar-refractivity contribution in [1.29, 1.82) is 0 Å². The van der Waals surface area contributed by atoms with E-state index in [2.05, 4.69) is 19.7 Å². The number of hydrogen-bond donors (Lipinski definition) is 1. The van der Waals surface area contributed by atoms with E-state index in [0.29, 0.717) is 6.54 Å². The molecule has 1 amide bonds. The van der Waals surface area contributed by atoms with E-state index < -0.39 is 17.5 Å². The van der Waals surface area contributed by atoms with Gasteiger partial charge in [-0.3, -0.25) is 14.9 Å². The van der Waals surface area contributed by atoms with Crippen molar-refractivity contribution in [3.63, 3.8) is 0 Å². The second-order valence-electron chi connectivity index (χ2n) is 8.09. The lowest BCUT2D eigenvalue weighted by atomic mass is 10.1. The first-order valence-electron chi connectivity index (χ1n) is 10.2. The van der Waals surface area contributed by atoms with Crippen molar-refractivity contribution in [3.05, 3.63) is 72.3 Å². The van der Waals surface area contributed by atoms with Gasteiger partial charge in [-0.2, -0.15) is 5.10 Å². The third-order valence-electron chi connectivity index (χ3n) is 6.01. The second-order valence-corrected chi connectivity index (χ2v) is 8.09. The van der Waals surface area contributed by atoms with Crippen LogP contribution >= 0.6 is 0 Å². The number of pyridine rings is 1. The maximum Gasteiger partial charge on any atom is 0.257 e. The Kier molecular flexibility index (Phi) is 4.77. The minimum absolute atomic E-state index is 0.0483. The van der Waals surface area contributed by atoms with Crippen LogP contribution in [0, 0.1) is 17.6 Å². The van der Waals surface area contributed by atoms with Crippen molar-refractivity contribution in [2.45, 2.75) is 25.9 Å². The van der Waals surface area contributed by atoms with Crippen molar-refractivity contribution >= 4 is 16.8 Å². The van der Waals surface area contributed by atoms with E-state index in [4.69, 9.17) is 0 Å². The predicted molar refractivity (Wildman–Crippen MR) is 112 cm³/mol. The Balaban J connectivity index is 1.34. The smallest absolute Gasteiger partial charge is 0.257 e. The number of amides is 1. The van der Waals surface area contributed by atoms with E-state index in [9.17, 15) is 13.6 Å². The Labute approximate surface area is 177 Å². The number of rotatable bonds is 4. The summed E-state index contributed by atoms with van der Waals surface area (Å²) in [7, 11) is 0. The van der Waals surface area contributed by atoms with Gasteiger partial charge in [0.1, 0.15) is 0 Å². The number of halogens is 2. The van der Waals surface area contributed by atoms with Crippen molar-refractivity contribution in [2.75, 3.05) is 6.54 Å². The number of nitrogens with zero attached hydrogens (tertiary/aromatic N) is 4. The van der Waals surface area contributed by atoms with Crippen LogP contribution in [0.25, 0.3) is 22.2 Å². The Morgan fingerprint density at radius 1 is 1.26 bits per heavy atom. The van der Waals surface area contributed by atoms with E-state index in [1.165, 1.54) is 12.1 Å². The highest BCUT2D eigenvalue weighted by Crippen LogP contribution is 2.29. The number of benzene rings is 1. The van der Waals surface area contributed by atoms with Crippen LogP contribution in [-0.2, 0) is 6.54 Å². The Morgan fingerprint density at radius 3 is 2.94 bits per heavy atom. The maximum atomic E-state index is 14.1. The van der Waals surface area contributed by atoms with E-state index in [-0.39, 0.29) is 17.5 Å². The number of H-pyrrole nitrogens is 1. The maximum absolute atomic E-state index is 14.1. The molecule has 1 N–H and O–H groups in total. The number of carbonyl (C=O) groups is 1. The molecular formula is C23H21F2N5O. The molecule has 6 nitrogen and oxygen atoms in total. The Bertz CT molecular complexity index is 1250. The minimum Gasteiger partial charge on any atom is -0.346 e. The lowest BCUT2D eigenvalue weighted by molar-refractivity contribution is 0.0736. The molecule has 0 spiro atoms. The average Bonchev–Trinajstić information content (AvgIpc) is 3.50. The van der Waals surface area contributed by atoms with Gasteiger partial charge in [-0.1, -0.05) is 6.07 Å². The van der Waals surface area contributed by atoms with Gasteiger partial charge in [-0.05, 0) is 43.5 Å². The van der Waals surface area contributed by atoms with Crippen molar-refractivity contribution in [2.24, 2.45) is 5.92 Å². The molecule has 5 rings (SSSR count). The number of fused-ring (bicyclic) bond motifs is 1. The summed E-state index contributed by atoms with van der Waals surface area (Å²) in [4.78, 5) is 19.0. The molecule has 2 atom stereocenters. The fourth-order valence-corrected chi connectivity index (χ4v) is 4.46. The molecule has 0 bridgehead atoms. The molecule has 3 aromatic heterocycles. The van der Waals surface area contributed by atoms with E-state index in [0.717, 1.165) is 41.2 Å². The third kappa shape index (κ3) is 3.48. The molecule has 1 saturated heterocycles. The van der Waals surface area contributed by atoms with Gasteiger partial charge in [0.25, 0.3) is 5.91 Å². The van der Waals surface area contributed by atoms with Crippen molar-refractivity contribution in [1.82, 2.24) is 24.6 Å². The molecule has 8 heteroatoms. The third-order valence-corrected chi connectivity index (χ3v) is 6.01. The molecule has 158 valence electrons. The van der Waals surface area contributed by atoms with Crippen LogP contribution in [0.1, 0.15) is 23.7 Å². The lowest BCUT2D eigenvalue weighted by Gasteiger charge is -2.22. The summed E-state index contributed by atoms with van der Waals surface area (Å²) in [6.07, 6.45) is 8.20. The molecule has 0 saturated carbocycles. The SMILES string of the molecule is CC1CC(Cn2ccc3cc(-c4cn[nH]c4)ncc32)CN1C(=O)c1cccc(F)c1F. The number of hydrogen-bond acceptors (Lipinski definition) is 3. The summed E-state index contributed by atoms with van der Waals surface area (Å²) >= 11 is 0. The van der Waals surface area contributed by atoms with Gasteiger partial charge in [0.15, 0.2) is 11.6 Å². The lowest BCUT2D eigenvalue weighted by Crippen LogP contribution is -2.34. The summed E-state index contributed by atoms with van der Waals surface area (Å²) < 4.78 is 29.8. The highest BCUT2D eigenvalue weighted by molar-refractivity contribution is 5.95. The Morgan fingerprint density at radius 2 is 2.13 bits per heavy atom. The number of carbonyl (C=O) groups excluding carboxylic acids is 1. The largest absolute Gasteiger partial charge is 0.346 e. The molecule has 31 heavy (non-hydrogen) atoms. The summed E-state index contributed by atoms with van der Waals surface area (Å²) in [5.74, 6) is -2.34. The zero-order valence-corrected chi connectivity index (χ0v) is 16.9. The van der Waals surface area contributed by atoms with Gasteiger partial charge < -0.3 is 9.47 Å². The van der Waals surface area contributed by atoms with Crippen LogP contribution < -0.4 is 0 Å². The normalized spacial score (nSPS) is 18.7. The quantitative estimate of drug-likeness (QED) is 0.536. The molecule has 4 heterocycles. The summed E-state index contributed by atoms with van der Waals surface area (Å²) in [5.41, 5.74) is 2.58. The molecule has 1 aliphatic heterocycles. The topological polar surface area (TPSA) is 66.8 Å². The predicted octanol–water partition coefficient (Wildman–Crippen LogP) is 4.26. The van der Waals surface area contributed by atoms with Crippen LogP contribution in [0.15, 0.2) is 55.1 Å². The first-order chi connectivity index (χ1) is 15.0. The molecular weight excluding hydrogens is 400 g/mol. The van der Waals surface area contributed by atoms with Gasteiger partial charge in [-0.15, -0.1) is 0 Å². The highest BCUT2D eigenvalue weighted by atomic mass is 19.2. The van der Waals surface area contributed by atoms with Crippen molar-refractivity contribution in [3.8, 4) is 11.3 Å². The minimum atomic E-state index is -1.08. The molecule has 2 unspecified atom stereocenters. The molecule has 0 aliphatic carbocycles. The molecule has 1 aliphatic rings. The zero-order chi connectivity index (χ0) is 21.5. The van der Waals surface area contributed by atoms with Gasteiger partial charge in [0.05, 0.1) is 29.2 Å². The van der Waals surface area contributed by atoms with Gasteiger partial charge in [0, 0.05) is 42.5 Å². The molecule has 1 fully saturated rings. The average molecular weight is 421 g/mol. The number of likely N-dealkylation sites (tertiary alicyclic amines) is 1. The van der Waals surface area contributed by atoms with Gasteiger partial charge in [0.2, 0.25) is 0 Å². The van der Waals surface area contributed by atoms with Crippen LogP contribution in [0.3, 0.4) is 0 Å². The number of nitrogens with one attached hydrogen (secondary N) is 1. The van der Waals surface area contributed by atoms with Crippen molar-refractivity contribution < 1.29 is 13.6 Å².